The van der Waals surface area contributed by atoms with Gasteiger partial charge in [0.05, 0.1) is 12.2 Å². The van der Waals surface area contributed by atoms with E-state index >= 15 is 0 Å². The Balaban J connectivity index is 1.75. The molecule has 0 atom stereocenters. The number of carbonyl (C=O) groups is 1. The molecule has 0 unspecified atom stereocenters. The Bertz CT molecular complexity index is 679. The SMILES string of the molecule is CCCCCCCCCCOc1ccccc1OC(=O)c1ccc(O)cc1. The van der Waals surface area contributed by atoms with Gasteiger partial charge in [-0.05, 0) is 42.8 Å². The summed E-state index contributed by atoms with van der Waals surface area (Å²) in [7, 11) is 0. The summed E-state index contributed by atoms with van der Waals surface area (Å²) < 4.78 is 11.3. The number of hydrogen-bond acceptors (Lipinski definition) is 4. The standard InChI is InChI=1S/C23H30O4/c1-2-3-4-5-6-7-8-11-18-26-21-12-9-10-13-22(21)27-23(25)19-14-16-20(24)17-15-19/h9-10,12-17,24H,2-8,11,18H2,1H3. The average Bonchev–Trinajstić information content (AvgIpc) is 2.68. The van der Waals surface area contributed by atoms with Gasteiger partial charge in [-0.3, -0.25) is 0 Å². The average molecular weight is 370 g/mol. The van der Waals surface area contributed by atoms with Crippen LogP contribution in [0.4, 0.5) is 0 Å². The predicted molar refractivity (Wildman–Crippen MR) is 108 cm³/mol. The van der Waals surface area contributed by atoms with Crippen LogP contribution in [0.2, 0.25) is 0 Å². The fourth-order valence-corrected chi connectivity index (χ4v) is 2.83. The van der Waals surface area contributed by atoms with Crippen LogP contribution in [0.1, 0.15) is 68.6 Å². The predicted octanol–water partition coefficient (Wildman–Crippen LogP) is 6.13. The number of esters is 1. The van der Waals surface area contributed by atoms with Crippen molar-refractivity contribution in [2.24, 2.45) is 0 Å². The molecular weight excluding hydrogens is 340 g/mol. The zero-order valence-corrected chi connectivity index (χ0v) is 16.2. The van der Waals surface area contributed by atoms with E-state index in [2.05, 4.69) is 6.92 Å². The van der Waals surface area contributed by atoms with E-state index < -0.39 is 5.97 Å². The zero-order valence-electron chi connectivity index (χ0n) is 16.2. The van der Waals surface area contributed by atoms with E-state index in [0.29, 0.717) is 23.7 Å². The molecule has 1 N–H and O–H groups in total. The third-order valence-corrected chi connectivity index (χ3v) is 4.41. The van der Waals surface area contributed by atoms with Crippen molar-refractivity contribution in [1.82, 2.24) is 0 Å². The molecule has 0 aromatic heterocycles. The summed E-state index contributed by atoms with van der Waals surface area (Å²) in [6, 6.07) is 13.2. The summed E-state index contributed by atoms with van der Waals surface area (Å²) >= 11 is 0. The maximum Gasteiger partial charge on any atom is 0.343 e. The van der Waals surface area contributed by atoms with Gasteiger partial charge in [0.25, 0.3) is 0 Å². The summed E-state index contributed by atoms with van der Waals surface area (Å²) in [5.74, 6) is 0.626. The largest absolute Gasteiger partial charge is 0.508 e. The number of benzene rings is 2. The topological polar surface area (TPSA) is 55.8 Å². The second-order valence-electron chi connectivity index (χ2n) is 6.71. The van der Waals surface area contributed by atoms with E-state index in [-0.39, 0.29) is 5.75 Å². The van der Waals surface area contributed by atoms with Gasteiger partial charge >= 0.3 is 5.97 Å². The molecular formula is C23H30O4. The Morgan fingerprint density at radius 3 is 2.07 bits per heavy atom. The molecule has 0 radical (unpaired) electrons. The monoisotopic (exact) mass is 370 g/mol. The highest BCUT2D eigenvalue weighted by molar-refractivity contribution is 5.91. The molecule has 0 aliphatic rings. The Hall–Kier alpha value is -2.49. The van der Waals surface area contributed by atoms with Gasteiger partial charge in [0.2, 0.25) is 0 Å². The number of ether oxygens (including phenoxy) is 2. The number of hydrogen-bond donors (Lipinski definition) is 1. The zero-order chi connectivity index (χ0) is 19.3. The number of phenolic OH excluding ortho intramolecular Hbond substituents is 1. The van der Waals surface area contributed by atoms with Gasteiger partial charge in [0.15, 0.2) is 11.5 Å². The van der Waals surface area contributed by atoms with Crippen LogP contribution < -0.4 is 9.47 Å². The molecule has 2 aromatic rings. The van der Waals surface area contributed by atoms with E-state index in [1.807, 2.05) is 18.2 Å². The Labute approximate surface area is 162 Å². The maximum absolute atomic E-state index is 12.2. The minimum absolute atomic E-state index is 0.112. The quantitative estimate of drug-likeness (QED) is 0.277. The molecule has 0 heterocycles. The number of rotatable bonds is 12. The second-order valence-corrected chi connectivity index (χ2v) is 6.71. The molecule has 0 amide bonds. The first kappa shape index (κ1) is 20.8. The summed E-state index contributed by atoms with van der Waals surface area (Å²) in [4.78, 5) is 12.2. The van der Waals surface area contributed by atoms with Crippen molar-refractivity contribution in [3.63, 3.8) is 0 Å². The number of carbonyl (C=O) groups excluding carboxylic acids is 1. The van der Waals surface area contributed by atoms with Crippen LogP contribution >= 0.6 is 0 Å². The first-order valence-electron chi connectivity index (χ1n) is 9.93. The van der Waals surface area contributed by atoms with Gasteiger partial charge in [-0.15, -0.1) is 0 Å². The lowest BCUT2D eigenvalue weighted by Gasteiger charge is -2.11. The van der Waals surface area contributed by atoms with Crippen molar-refractivity contribution in [2.75, 3.05) is 6.61 Å². The fourth-order valence-electron chi connectivity index (χ4n) is 2.83. The minimum Gasteiger partial charge on any atom is -0.508 e. The van der Waals surface area contributed by atoms with Crippen molar-refractivity contribution in [3.8, 4) is 17.2 Å². The molecule has 0 saturated carbocycles. The van der Waals surface area contributed by atoms with Gasteiger partial charge in [-0.2, -0.15) is 0 Å². The molecule has 4 nitrogen and oxygen atoms in total. The number of para-hydroxylation sites is 2. The van der Waals surface area contributed by atoms with Crippen molar-refractivity contribution >= 4 is 5.97 Å². The number of aromatic hydroxyl groups is 1. The Morgan fingerprint density at radius 2 is 1.41 bits per heavy atom. The number of unbranched alkanes of at least 4 members (excludes halogenated alkanes) is 7. The fraction of sp³-hybridized carbons (Fsp3) is 0.435. The smallest absolute Gasteiger partial charge is 0.343 e. The van der Waals surface area contributed by atoms with Crippen LogP contribution in [-0.4, -0.2) is 17.7 Å². The van der Waals surface area contributed by atoms with E-state index in [1.54, 1.807) is 6.07 Å². The molecule has 0 bridgehead atoms. The summed E-state index contributed by atoms with van der Waals surface area (Å²) in [6.07, 6.45) is 9.96. The lowest BCUT2D eigenvalue weighted by Crippen LogP contribution is -2.09. The third kappa shape index (κ3) is 7.73. The van der Waals surface area contributed by atoms with Crippen molar-refractivity contribution in [3.05, 3.63) is 54.1 Å². The van der Waals surface area contributed by atoms with Gasteiger partial charge in [0, 0.05) is 0 Å². The highest BCUT2D eigenvalue weighted by Crippen LogP contribution is 2.27. The van der Waals surface area contributed by atoms with Crippen LogP contribution in [0.15, 0.2) is 48.5 Å². The Morgan fingerprint density at radius 1 is 0.815 bits per heavy atom. The van der Waals surface area contributed by atoms with E-state index in [4.69, 9.17) is 9.47 Å². The maximum atomic E-state index is 12.2. The highest BCUT2D eigenvalue weighted by Gasteiger charge is 2.12. The van der Waals surface area contributed by atoms with Crippen molar-refractivity contribution in [1.29, 1.82) is 0 Å². The van der Waals surface area contributed by atoms with E-state index in [9.17, 15) is 9.90 Å². The molecule has 146 valence electrons. The highest BCUT2D eigenvalue weighted by atomic mass is 16.6. The van der Waals surface area contributed by atoms with Crippen LogP contribution in [-0.2, 0) is 0 Å². The molecule has 0 aliphatic heterocycles. The molecule has 2 aromatic carbocycles. The first-order valence-corrected chi connectivity index (χ1v) is 9.93. The van der Waals surface area contributed by atoms with Crippen LogP contribution in [0.25, 0.3) is 0 Å². The second kappa shape index (κ2) is 12.0. The van der Waals surface area contributed by atoms with Gasteiger partial charge in [0.1, 0.15) is 5.75 Å². The summed E-state index contributed by atoms with van der Waals surface area (Å²) in [5.41, 5.74) is 0.380. The Kier molecular flexibility index (Phi) is 9.25. The van der Waals surface area contributed by atoms with Crippen molar-refractivity contribution in [2.45, 2.75) is 58.3 Å². The van der Waals surface area contributed by atoms with Gasteiger partial charge < -0.3 is 14.6 Å². The normalized spacial score (nSPS) is 10.6. The minimum atomic E-state index is -0.474. The molecule has 27 heavy (non-hydrogen) atoms. The molecule has 4 heteroatoms. The first-order chi connectivity index (χ1) is 13.2. The van der Waals surface area contributed by atoms with Crippen molar-refractivity contribution < 1.29 is 19.4 Å². The summed E-state index contributed by atoms with van der Waals surface area (Å²) in [5, 5.41) is 9.31. The lowest BCUT2D eigenvalue weighted by molar-refractivity contribution is 0.0728. The van der Waals surface area contributed by atoms with Crippen LogP contribution in [0, 0.1) is 0 Å². The van der Waals surface area contributed by atoms with Gasteiger partial charge in [-0.25, -0.2) is 4.79 Å². The molecule has 2 rings (SSSR count). The molecule has 0 fully saturated rings. The van der Waals surface area contributed by atoms with Gasteiger partial charge in [-0.1, -0.05) is 64.0 Å². The third-order valence-electron chi connectivity index (χ3n) is 4.41. The molecule has 0 spiro atoms. The summed E-state index contributed by atoms with van der Waals surface area (Å²) in [6.45, 7) is 2.85. The lowest BCUT2D eigenvalue weighted by atomic mass is 10.1. The van der Waals surface area contributed by atoms with E-state index in [1.165, 1.54) is 62.8 Å². The molecule has 0 aliphatic carbocycles. The van der Waals surface area contributed by atoms with Crippen LogP contribution in [0.3, 0.4) is 0 Å². The van der Waals surface area contributed by atoms with E-state index in [0.717, 1.165) is 12.8 Å². The number of phenols is 1. The molecule has 0 saturated heterocycles. The van der Waals surface area contributed by atoms with Crippen LogP contribution in [0.5, 0.6) is 17.2 Å².